The zero-order valence-electron chi connectivity index (χ0n) is 20.2. The average molecular weight is 471 g/mol. The number of hydrogen-bond donors (Lipinski definition) is 2. The SMILES string of the molecule is CCCc1c(OCCCOc2ccc3c(c2)OC(C)(CCC(=O)O)CC3)ccc(C(C)=O)c1O. The van der Waals surface area contributed by atoms with Crippen molar-refractivity contribution in [2.75, 3.05) is 13.2 Å². The number of carboxylic acid groups (broad SMARTS) is 1. The van der Waals surface area contributed by atoms with E-state index in [0.29, 0.717) is 55.1 Å². The molecular formula is C27H34O7. The van der Waals surface area contributed by atoms with Gasteiger partial charge >= 0.3 is 5.97 Å². The monoisotopic (exact) mass is 470 g/mol. The molecule has 2 N–H and O–H groups in total. The van der Waals surface area contributed by atoms with Crippen LogP contribution < -0.4 is 14.2 Å². The lowest BCUT2D eigenvalue weighted by atomic mass is 9.89. The molecule has 2 aromatic rings. The fourth-order valence-electron chi connectivity index (χ4n) is 4.15. The quantitative estimate of drug-likeness (QED) is 0.319. The van der Waals surface area contributed by atoms with Gasteiger partial charge in [-0.05, 0) is 63.3 Å². The Morgan fingerprint density at radius 3 is 2.62 bits per heavy atom. The van der Waals surface area contributed by atoms with E-state index < -0.39 is 11.6 Å². The van der Waals surface area contributed by atoms with Crippen molar-refractivity contribution in [1.29, 1.82) is 0 Å². The summed E-state index contributed by atoms with van der Waals surface area (Å²) in [7, 11) is 0. The lowest BCUT2D eigenvalue weighted by Crippen LogP contribution is -2.36. The Bertz CT molecular complexity index is 1030. The van der Waals surface area contributed by atoms with Gasteiger partial charge in [0, 0.05) is 24.5 Å². The number of Topliss-reactive ketones (excluding diaryl/α,β-unsaturated/α-hetero) is 1. The first-order valence-electron chi connectivity index (χ1n) is 11.9. The number of carboxylic acids is 1. The summed E-state index contributed by atoms with van der Waals surface area (Å²) in [6.45, 7) is 6.25. The summed E-state index contributed by atoms with van der Waals surface area (Å²) in [4.78, 5) is 22.6. The molecule has 0 saturated carbocycles. The highest BCUT2D eigenvalue weighted by Crippen LogP contribution is 2.38. The second kappa shape index (κ2) is 11.3. The number of fused-ring (bicyclic) bond motifs is 1. The van der Waals surface area contributed by atoms with E-state index in [1.54, 1.807) is 12.1 Å². The fourth-order valence-corrected chi connectivity index (χ4v) is 4.15. The van der Waals surface area contributed by atoms with Crippen LogP contribution in [0.1, 0.15) is 74.4 Å². The van der Waals surface area contributed by atoms with Crippen LogP contribution in [0, 0.1) is 0 Å². The van der Waals surface area contributed by atoms with Gasteiger partial charge in [-0.2, -0.15) is 0 Å². The number of aryl methyl sites for hydroxylation is 1. The zero-order chi connectivity index (χ0) is 24.7. The molecule has 34 heavy (non-hydrogen) atoms. The van der Waals surface area contributed by atoms with Gasteiger partial charge in [0.15, 0.2) is 5.78 Å². The number of phenolic OH excluding ortho intramolecular Hbond substituents is 1. The van der Waals surface area contributed by atoms with Gasteiger partial charge in [-0.15, -0.1) is 0 Å². The highest BCUT2D eigenvalue weighted by Gasteiger charge is 2.32. The largest absolute Gasteiger partial charge is 0.507 e. The predicted octanol–water partition coefficient (Wildman–Crippen LogP) is 5.34. The highest BCUT2D eigenvalue weighted by atomic mass is 16.5. The third-order valence-electron chi connectivity index (χ3n) is 6.12. The van der Waals surface area contributed by atoms with Gasteiger partial charge in [0.2, 0.25) is 0 Å². The Hall–Kier alpha value is -3.22. The Labute approximate surface area is 200 Å². The number of benzene rings is 2. The molecule has 7 heteroatoms. The molecule has 0 spiro atoms. The summed E-state index contributed by atoms with van der Waals surface area (Å²) in [5, 5.41) is 19.4. The molecule has 1 atom stereocenters. The van der Waals surface area contributed by atoms with Crippen molar-refractivity contribution >= 4 is 11.8 Å². The normalized spacial score (nSPS) is 16.9. The second-order valence-electron chi connectivity index (χ2n) is 9.01. The van der Waals surface area contributed by atoms with Crippen LogP contribution in [-0.4, -0.2) is 40.8 Å². The van der Waals surface area contributed by atoms with E-state index in [2.05, 4.69) is 0 Å². The zero-order valence-corrected chi connectivity index (χ0v) is 20.2. The number of aromatic hydroxyl groups is 1. The van der Waals surface area contributed by atoms with Crippen LogP contribution in [0.3, 0.4) is 0 Å². The molecule has 0 radical (unpaired) electrons. The number of ketones is 1. The number of phenols is 1. The van der Waals surface area contributed by atoms with Crippen molar-refractivity contribution in [3.8, 4) is 23.0 Å². The molecule has 0 saturated heterocycles. The Morgan fingerprint density at radius 2 is 1.91 bits per heavy atom. The van der Waals surface area contributed by atoms with E-state index >= 15 is 0 Å². The van der Waals surface area contributed by atoms with Crippen molar-refractivity contribution in [2.45, 2.75) is 71.3 Å². The maximum atomic E-state index is 11.7. The molecule has 0 bridgehead atoms. The second-order valence-corrected chi connectivity index (χ2v) is 9.01. The van der Waals surface area contributed by atoms with E-state index in [1.165, 1.54) is 6.92 Å². The summed E-state index contributed by atoms with van der Waals surface area (Å²) < 4.78 is 17.9. The molecule has 3 rings (SSSR count). The minimum atomic E-state index is -0.818. The third kappa shape index (κ3) is 6.43. The van der Waals surface area contributed by atoms with Crippen molar-refractivity contribution in [3.63, 3.8) is 0 Å². The van der Waals surface area contributed by atoms with E-state index in [4.69, 9.17) is 19.3 Å². The summed E-state index contributed by atoms with van der Waals surface area (Å²) in [6, 6.07) is 9.12. The first-order valence-corrected chi connectivity index (χ1v) is 11.9. The van der Waals surface area contributed by atoms with Gasteiger partial charge < -0.3 is 24.4 Å². The number of hydrogen-bond acceptors (Lipinski definition) is 6. The lowest BCUT2D eigenvalue weighted by Gasteiger charge is -2.35. The summed E-state index contributed by atoms with van der Waals surface area (Å²) in [6.07, 6.45) is 4.26. The van der Waals surface area contributed by atoms with Crippen LogP contribution in [0.5, 0.6) is 23.0 Å². The maximum Gasteiger partial charge on any atom is 0.303 e. The van der Waals surface area contributed by atoms with Gasteiger partial charge in [-0.1, -0.05) is 19.4 Å². The molecule has 0 aromatic heterocycles. The lowest BCUT2D eigenvalue weighted by molar-refractivity contribution is -0.138. The molecule has 1 heterocycles. The highest BCUT2D eigenvalue weighted by molar-refractivity contribution is 5.97. The molecule has 2 aromatic carbocycles. The van der Waals surface area contributed by atoms with Crippen LogP contribution >= 0.6 is 0 Å². The molecule has 1 unspecified atom stereocenters. The minimum absolute atomic E-state index is 0.00696. The first kappa shape index (κ1) is 25.4. The number of carbonyl (C=O) groups is 2. The van der Waals surface area contributed by atoms with Gasteiger partial charge in [0.1, 0.15) is 28.6 Å². The Kier molecular flexibility index (Phi) is 8.42. The molecule has 184 valence electrons. The molecule has 1 aliphatic rings. The summed E-state index contributed by atoms with van der Waals surface area (Å²) >= 11 is 0. The van der Waals surface area contributed by atoms with Crippen LogP contribution in [0.25, 0.3) is 0 Å². The molecule has 0 amide bonds. The molecule has 0 fully saturated rings. The van der Waals surface area contributed by atoms with Gasteiger partial charge in [0.25, 0.3) is 0 Å². The van der Waals surface area contributed by atoms with E-state index in [0.717, 1.165) is 30.6 Å². The van der Waals surface area contributed by atoms with Crippen molar-refractivity contribution in [2.24, 2.45) is 0 Å². The Morgan fingerprint density at radius 1 is 1.15 bits per heavy atom. The van der Waals surface area contributed by atoms with E-state index in [9.17, 15) is 14.7 Å². The topological polar surface area (TPSA) is 102 Å². The average Bonchev–Trinajstić information content (AvgIpc) is 2.79. The predicted molar refractivity (Wildman–Crippen MR) is 128 cm³/mol. The summed E-state index contributed by atoms with van der Waals surface area (Å²) in [5.41, 5.74) is 1.58. The number of ether oxygens (including phenoxy) is 3. The van der Waals surface area contributed by atoms with Crippen LogP contribution in [0.2, 0.25) is 0 Å². The third-order valence-corrected chi connectivity index (χ3v) is 6.12. The molecule has 1 aliphatic heterocycles. The number of carbonyl (C=O) groups excluding carboxylic acids is 1. The minimum Gasteiger partial charge on any atom is -0.507 e. The number of aliphatic carboxylic acids is 1. The van der Waals surface area contributed by atoms with Crippen LogP contribution in [0.4, 0.5) is 0 Å². The maximum absolute atomic E-state index is 11.7. The van der Waals surface area contributed by atoms with Crippen LogP contribution in [-0.2, 0) is 17.6 Å². The van der Waals surface area contributed by atoms with Crippen molar-refractivity contribution < 1.29 is 34.0 Å². The van der Waals surface area contributed by atoms with Crippen molar-refractivity contribution in [3.05, 3.63) is 47.0 Å². The summed E-state index contributed by atoms with van der Waals surface area (Å²) in [5.74, 6) is 1.04. The van der Waals surface area contributed by atoms with Crippen molar-refractivity contribution in [1.82, 2.24) is 0 Å². The molecule has 7 nitrogen and oxygen atoms in total. The first-order chi connectivity index (χ1) is 16.2. The fraction of sp³-hybridized carbons (Fsp3) is 0.481. The smallest absolute Gasteiger partial charge is 0.303 e. The molecular weight excluding hydrogens is 436 g/mol. The van der Waals surface area contributed by atoms with E-state index in [1.807, 2.05) is 32.0 Å². The van der Waals surface area contributed by atoms with E-state index in [-0.39, 0.29) is 18.0 Å². The van der Waals surface area contributed by atoms with Gasteiger partial charge in [0.05, 0.1) is 18.8 Å². The number of rotatable bonds is 12. The molecule has 0 aliphatic carbocycles. The Balaban J connectivity index is 1.53. The van der Waals surface area contributed by atoms with Gasteiger partial charge in [-0.25, -0.2) is 0 Å². The van der Waals surface area contributed by atoms with Crippen LogP contribution in [0.15, 0.2) is 30.3 Å². The van der Waals surface area contributed by atoms with Gasteiger partial charge in [-0.3, -0.25) is 9.59 Å². The standard InChI is InChI=1S/C27H34O7/c1-4-6-22-23(10-9-21(18(2)28)26(22)31)33-16-5-15-32-20-8-7-19-11-13-27(3,14-12-25(29)30)34-24(19)17-20/h7-10,17,31H,4-6,11-16H2,1-3H3,(H,29,30).